The second-order valence-corrected chi connectivity index (χ2v) is 3.58. The van der Waals surface area contributed by atoms with Crippen molar-refractivity contribution in [3.05, 3.63) is 30.1 Å². The van der Waals surface area contributed by atoms with Gasteiger partial charge in [0.25, 0.3) is 0 Å². The molecule has 0 fully saturated rings. The van der Waals surface area contributed by atoms with Crippen molar-refractivity contribution in [1.82, 2.24) is 4.90 Å². The first kappa shape index (κ1) is 14.8. The molecule has 0 saturated carbocycles. The van der Waals surface area contributed by atoms with Crippen molar-refractivity contribution in [2.24, 2.45) is 7.05 Å². The highest BCUT2D eigenvalue weighted by Crippen LogP contribution is 1.95. The topological polar surface area (TPSA) is 7.12 Å². The summed E-state index contributed by atoms with van der Waals surface area (Å²) in [6, 6.07) is 6.38. The van der Waals surface area contributed by atoms with Crippen LogP contribution in [0.3, 0.4) is 0 Å². The monoisotopic (exact) mass is 320 g/mol. The Morgan fingerprint density at radius 2 is 1.87 bits per heavy atom. The van der Waals surface area contributed by atoms with Crippen molar-refractivity contribution in [1.29, 1.82) is 0 Å². The summed E-state index contributed by atoms with van der Waals surface area (Å²) in [6.45, 7) is 7.88. The van der Waals surface area contributed by atoms with Crippen molar-refractivity contribution in [3.8, 4) is 0 Å². The molecular weight excluding hydrogens is 299 g/mol. The highest BCUT2D eigenvalue weighted by atomic mass is 127. The standard InChI is InChI=1S/C12H21N2.HI/c1-4-14(5-2)11-9-12-8-6-7-10-13(12)3;/h6-8,10H,4-5,9,11H2,1-3H3;1H/q+1;/p-1. The predicted octanol–water partition coefficient (Wildman–Crippen LogP) is -1.60. The van der Waals surface area contributed by atoms with E-state index < -0.39 is 0 Å². The molecule has 0 N–H and O–H groups in total. The van der Waals surface area contributed by atoms with E-state index in [9.17, 15) is 0 Å². The zero-order valence-electron chi connectivity index (χ0n) is 9.91. The maximum absolute atomic E-state index is 2.45. The van der Waals surface area contributed by atoms with Gasteiger partial charge < -0.3 is 28.9 Å². The van der Waals surface area contributed by atoms with E-state index in [4.69, 9.17) is 0 Å². The lowest BCUT2D eigenvalue weighted by molar-refractivity contribution is -0.679. The molecule has 0 aliphatic carbocycles. The third-order valence-corrected chi connectivity index (χ3v) is 2.74. The Labute approximate surface area is 110 Å². The highest BCUT2D eigenvalue weighted by molar-refractivity contribution is 4.97. The van der Waals surface area contributed by atoms with Crippen LogP contribution in [0.15, 0.2) is 24.4 Å². The van der Waals surface area contributed by atoms with E-state index in [0.29, 0.717) is 0 Å². The lowest BCUT2D eigenvalue weighted by atomic mass is 10.2. The van der Waals surface area contributed by atoms with Gasteiger partial charge in [0.15, 0.2) is 11.9 Å². The Kier molecular flexibility index (Phi) is 7.96. The summed E-state index contributed by atoms with van der Waals surface area (Å²) < 4.78 is 2.20. The van der Waals surface area contributed by atoms with Crippen LogP contribution in [0.4, 0.5) is 0 Å². The minimum absolute atomic E-state index is 0. The van der Waals surface area contributed by atoms with E-state index in [1.54, 1.807) is 0 Å². The molecule has 0 aliphatic heterocycles. The Balaban J connectivity index is 0.00000196. The fourth-order valence-corrected chi connectivity index (χ4v) is 1.63. The first-order valence-electron chi connectivity index (χ1n) is 5.43. The van der Waals surface area contributed by atoms with Crippen molar-refractivity contribution in [3.63, 3.8) is 0 Å². The van der Waals surface area contributed by atoms with Crippen LogP contribution in [0.2, 0.25) is 0 Å². The van der Waals surface area contributed by atoms with Gasteiger partial charge in [0, 0.05) is 25.1 Å². The molecule has 1 heterocycles. The van der Waals surface area contributed by atoms with E-state index >= 15 is 0 Å². The number of pyridine rings is 1. The number of aromatic nitrogens is 1. The number of hydrogen-bond acceptors (Lipinski definition) is 1. The third kappa shape index (κ3) is 4.93. The van der Waals surface area contributed by atoms with Gasteiger partial charge in [-0.1, -0.05) is 19.9 Å². The molecule has 0 aliphatic rings. The first-order chi connectivity index (χ1) is 6.77. The SMILES string of the molecule is CCN(CC)CCc1cccc[n+]1C.[I-]. The van der Waals surface area contributed by atoms with Gasteiger partial charge in [-0.25, -0.2) is 4.57 Å². The van der Waals surface area contributed by atoms with E-state index in [1.807, 2.05) is 0 Å². The lowest BCUT2D eigenvalue weighted by Gasteiger charge is -2.16. The number of hydrogen-bond donors (Lipinski definition) is 0. The summed E-state index contributed by atoms with van der Waals surface area (Å²) in [4.78, 5) is 2.45. The molecular formula is C12H21IN2. The fraction of sp³-hybridized carbons (Fsp3) is 0.583. The van der Waals surface area contributed by atoms with Crippen molar-refractivity contribution in [2.75, 3.05) is 19.6 Å². The molecule has 0 bridgehead atoms. The van der Waals surface area contributed by atoms with Gasteiger partial charge in [0.1, 0.15) is 7.05 Å². The van der Waals surface area contributed by atoms with Gasteiger partial charge in [-0.3, -0.25) is 0 Å². The summed E-state index contributed by atoms with van der Waals surface area (Å²) in [6.07, 6.45) is 3.25. The Hall–Kier alpha value is -0.160. The van der Waals surface area contributed by atoms with Crippen LogP contribution < -0.4 is 28.5 Å². The van der Waals surface area contributed by atoms with Crippen LogP contribution in [0.25, 0.3) is 0 Å². The quantitative estimate of drug-likeness (QED) is 0.468. The number of rotatable bonds is 5. The van der Waals surface area contributed by atoms with Crippen molar-refractivity contribution in [2.45, 2.75) is 20.3 Å². The third-order valence-electron chi connectivity index (χ3n) is 2.74. The summed E-state index contributed by atoms with van der Waals surface area (Å²) in [5, 5.41) is 0. The van der Waals surface area contributed by atoms with Gasteiger partial charge >= 0.3 is 0 Å². The van der Waals surface area contributed by atoms with Gasteiger partial charge in [-0.15, -0.1) is 0 Å². The summed E-state index contributed by atoms with van der Waals surface area (Å²) >= 11 is 0. The predicted molar refractivity (Wildman–Crippen MR) is 59.1 cm³/mol. The Morgan fingerprint density at radius 3 is 2.40 bits per heavy atom. The minimum Gasteiger partial charge on any atom is -1.00 e. The van der Waals surface area contributed by atoms with Crippen LogP contribution in [0.1, 0.15) is 19.5 Å². The van der Waals surface area contributed by atoms with Crippen molar-refractivity contribution >= 4 is 0 Å². The lowest BCUT2D eigenvalue weighted by Crippen LogP contribution is -3.00. The zero-order chi connectivity index (χ0) is 10.4. The van der Waals surface area contributed by atoms with Crippen LogP contribution in [0.5, 0.6) is 0 Å². The molecule has 86 valence electrons. The van der Waals surface area contributed by atoms with Crippen molar-refractivity contribution < 1.29 is 28.5 Å². The molecule has 0 saturated heterocycles. The molecule has 0 radical (unpaired) electrons. The number of likely N-dealkylation sites (N-methyl/N-ethyl adjacent to an activating group) is 1. The molecule has 1 aromatic rings. The number of halogens is 1. The maximum Gasteiger partial charge on any atom is 0.182 e. The molecule has 0 unspecified atom stereocenters. The first-order valence-corrected chi connectivity index (χ1v) is 5.43. The molecule has 2 nitrogen and oxygen atoms in total. The molecule has 1 aromatic heterocycles. The van der Waals surface area contributed by atoms with E-state index in [1.165, 1.54) is 5.69 Å². The van der Waals surface area contributed by atoms with Crippen LogP contribution in [-0.2, 0) is 13.5 Å². The number of aryl methyl sites for hydroxylation is 1. The van der Waals surface area contributed by atoms with E-state index in [0.717, 1.165) is 26.1 Å². The molecule has 0 aromatic carbocycles. The van der Waals surface area contributed by atoms with Crippen LogP contribution in [0, 0.1) is 0 Å². The summed E-state index contributed by atoms with van der Waals surface area (Å²) in [5.41, 5.74) is 1.40. The van der Waals surface area contributed by atoms with Crippen LogP contribution >= 0.6 is 0 Å². The van der Waals surface area contributed by atoms with Gasteiger partial charge in [-0.05, 0) is 13.1 Å². The van der Waals surface area contributed by atoms with Gasteiger partial charge in [0.2, 0.25) is 0 Å². The smallest absolute Gasteiger partial charge is 0.182 e. The number of nitrogens with zero attached hydrogens (tertiary/aromatic N) is 2. The molecule has 0 amide bonds. The average molecular weight is 320 g/mol. The highest BCUT2D eigenvalue weighted by Gasteiger charge is 2.06. The largest absolute Gasteiger partial charge is 1.00 e. The second-order valence-electron chi connectivity index (χ2n) is 3.58. The molecule has 15 heavy (non-hydrogen) atoms. The van der Waals surface area contributed by atoms with Gasteiger partial charge in [-0.2, -0.15) is 0 Å². The van der Waals surface area contributed by atoms with Gasteiger partial charge in [0.05, 0.1) is 0 Å². The molecule has 1 rings (SSSR count). The Morgan fingerprint density at radius 1 is 1.20 bits per heavy atom. The summed E-state index contributed by atoms with van der Waals surface area (Å²) in [7, 11) is 2.11. The van der Waals surface area contributed by atoms with E-state index in [2.05, 4.69) is 54.8 Å². The molecule has 0 spiro atoms. The molecule has 3 heteroatoms. The normalized spacial score (nSPS) is 10.1. The Bertz CT molecular complexity index is 272. The van der Waals surface area contributed by atoms with Crippen LogP contribution in [-0.4, -0.2) is 24.5 Å². The average Bonchev–Trinajstić information content (AvgIpc) is 2.22. The zero-order valence-corrected chi connectivity index (χ0v) is 12.1. The van der Waals surface area contributed by atoms with E-state index in [-0.39, 0.29) is 24.0 Å². The maximum atomic E-state index is 2.45. The summed E-state index contributed by atoms with van der Waals surface area (Å²) in [5.74, 6) is 0. The second kappa shape index (κ2) is 8.05. The molecule has 0 atom stereocenters. The minimum atomic E-state index is 0. The fourth-order valence-electron chi connectivity index (χ4n) is 1.63.